The third-order valence-corrected chi connectivity index (χ3v) is 1.99. The molecular weight excluding hydrogens is 190 g/mol. The Kier molecular flexibility index (Phi) is 3.31. The maximum atomic E-state index is 5.68. The molecule has 0 spiro atoms. The van der Waals surface area contributed by atoms with Crippen LogP contribution in [0.25, 0.3) is 0 Å². The van der Waals surface area contributed by atoms with Crippen molar-refractivity contribution in [3.63, 3.8) is 0 Å². The van der Waals surface area contributed by atoms with Crippen molar-refractivity contribution < 1.29 is 4.74 Å². The Hall–Kier alpha value is -1.03. The minimum Gasteiger partial charge on any atom is -0.473 e. The molecule has 0 aromatic carbocycles. The predicted octanol–water partition coefficient (Wildman–Crippen LogP) is 1.89. The first-order chi connectivity index (χ1) is 6.15. The van der Waals surface area contributed by atoms with Gasteiger partial charge in [-0.25, -0.2) is 4.98 Å². The number of hydrogen-bond donors (Lipinski definition) is 1. The van der Waals surface area contributed by atoms with E-state index in [1.54, 1.807) is 0 Å². The lowest BCUT2D eigenvalue weighted by Gasteiger charge is -2.12. The fourth-order valence-electron chi connectivity index (χ4n) is 0.727. The largest absolute Gasteiger partial charge is 0.473 e. The minimum atomic E-state index is 0.0771. The first-order valence-corrected chi connectivity index (χ1v) is 4.45. The van der Waals surface area contributed by atoms with E-state index in [1.165, 1.54) is 6.33 Å². The maximum absolute atomic E-state index is 5.68. The van der Waals surface area contributed by atoms with Crippen molar-refractivity contribution in [1.29, 1.82) is 0 Å². The summed E-state index contributed by atoms with van der Waals surface area (Å²) in [6.45, 7) is 3.96. The molecule has 0 saturated carbocycles. The van der Waals surface area contributed by atoms with Gasteiger partial charge >= 0.3 is 0 Å². The molecule has 1 aromatic rings. The van der Waals surface area contributed by atoms with Gasteiger partial charge in [0.15, 0.2) is 5.15 Å². The van der Waals surface area contributed by atoms with Crippen molar-refractivity contribution in [3.05, 3.63) is 11.5 Å². The molecule has 0 aliphatic rings. The Labute approximate surface area is 82.1 Å². The van der Waals surface area contributed by atoms with Crippen molar-refractivity contribution >= 4 is 17.3 Å². The van der Waals surface area contributed by atoms with Crippen LogP contribution in [-0.2, 0) is 0 Å². The van der Waals surface area contributed by atoms with E-state index in [9.17, 15) is 0 Å². The van der Waals surface area contributed by atoms with Gasteiger partial charge in [-0.2, -0.15) is 4.98 Å². The van der Waals surface area contributed by atoms with E-state index in [0.29, 0.717) is 11.6 Å². The van der Waals surface area contributed by atoms with Crippen LogP contribution in [-0.4, -0.2) is 16.1 Å². The molecule has 0 saturated heterocycles. The van der Waals surface area contributed by atoms with Crippen molar-refractivity contribution in [2.24, 2.45) is 0 Å². The first kappa shape index (κ1) is 10.1. The second-order valence-electron chi connectivity index (χ2n) is 2.72. The summed E-state index contributed by atoms with van der Waals surface area (Å²) in [7, 11) is 0. The van der Waals surface area contributed by atoms with Crippen LogP contribution in [0.4, 0.5) is 5.69 Å². The number of rotatable bonds is 3. The SMILES string of the molecule is CCC(C)Oc1ncnc(Cl)c1N. The van der Waals surface area contributed by atoms with Gasteiger partial charge in [0.1, 0.15) is 12.0 Å². The lowest BCUT2D eigenvalue weighted by molar-refractivity contribution is 0.210. The van der Waals surface area contributed by atoms with Crippen molar-refractivity contribution in [1.82, 2.24) is 9.97 Å². The summed E-state index contributed by atoms with van der Waals surface area (Å²) in [5, 5.41) is 0.230. The molecule has 1 atom stereocenters. The van der Waals surface area contributed by atoms with Crippen LogP contribution in [0.5, 0.6) is 5.88 Å². The highest BCUT2D eigenvalue weighted by atomic mass is 35.5. The average molecular weight is 202 g/mol. The summed E-state index contributed by atoms with van der Waals surface area (Å²) in [5.74, 6) is 0.356. The standard InChI is InChI=1S/C8H12ClN3O/c1-3-5(2)13-8-6(10)7(9)11-4-12-8/h4-5H,3,10H2,1-2H3. The lowest BCUT2D eigenvalue weighted by atomic mass is 10.3. The van der Waals surface area contributed by atoms with E-state index in [-0.39, 0.29) is 11.3 Å². The van der Waals surface area contributed by atoms with Crippen molar-refractivity contribution in [2.45, 2.75) is 26.4 Å². The number of hydrogen-bond acceptors (Lipinski definition) is 4. The van der Waals surface area contributed by atoms with E-state index in [4.69, 9.17) is 22.1 Å². The molecule has 4 nitrogen and oxygen atoms in total. The van der Waals surface area contributed by atoms with Gasteiger partial charge in [0.05, 0.1) is 6.10 Å². The van der Waals surface area contributed by atoms with Gasteiger partial charge in [-0.1, -0.05) is 18.5 Å². The monoisotopic (exact) mass is 201 g/mol. The number of aromatic nitrogens is 2. The van der Waals surface area contributed by atoms with Crippen LogP contribution < -0.4 is 10.5 Å². The van der Waals surface area contributed by atoms with Crippen LogP contribution in [0.1, 0.15) is 20.3 Å². The van der Waals surface area contributed by atoms with Gasteiger partial charge in [-0.05, 0) is 13.3 Å². The smallest absolute Gasteiger partial charge is 0.242 e. The van der Waals surface area contributed by atoms with Gasteiger partial charge in [0.25, 0.3) is 0 Å². The summed E-state index contributed by atoms with van der Waals surface area (Å²) in [4.78, 5) is 7.61. The molecule has 0 aliphatic carbocycles. The fraction of sp³-hybridized carbons (Fsp3) is 0.500. The second kappa shape index (κ2) is 4.28. The molecule has 5 heteroatoms. The number of ether oxygens (including phenoxy) is 1. The molecule has 1 unspecified atom stereocenters. The van der Waals surface area contributed by atoms with Crippen molar-refractivity contribution in [3.8, 4) is 5.88 Å². The second-order valence-corrected chi connectivity index (χ2v) is 3.08. The van der Waals surface area contributed by atoms with Crippen LogP contribution >= 0.6 is 11.6 Å². The van der Waals surface area contributed by atoms with Gasteiger partial charge < -0.3 is 10.5 Å². The Morgan fingerprint density at radius 2 is 2.31 bits per heavy atom. The molecular formula is C8H12ClN3O. The van der Waals surface area contributed by atoms with Gasteiger partial charge in [-0.15, -0.1) is 0 Å². The molecule has 0 fully saturated rings. The van der Waals surface area contributed by atoms with Crippen LogP contribution in [0, 0.1) is 0 Å². The molecule has 0 radical (unpaired) electrons. The normalized spacial score (nSPS) is 12.5. The van der Waals surface area contributed by atoms with Crippen LogP contribution in [0.2, 0.25) is 5.15 Å². The highest BCUT2D eigenvalue weighted by Gasteiger charge is 2.09. The maximum Gasteiger partial charge on any atom is 0.242 e. The molecule has 2 N–H and O–H groups in total. The van der Waals surface area contributed by atoms with E-state index in [0.717, 1.165) is 6.42 Å². The van der Waals surface area contributed by atoms with Crippen LogP contribution in [0.3, 0.4) is 0 Å². The zero-order valence-corrected chi connectivity index (χ0v) is 8.38. The van der Waals surface area contributed by atoms with E-state index >= 15 is 0 Å². The Balaban J connectivity index is 2.83. The molecule has 0 aliphatic heterocycles. The molecule has 0 bridgehead atoms. The zero-order chi connectivity index (χ0) is 9.84. The topological polar surface area (TPSA) is 61.0 Å². The Morgan fingerprint density at radius 1 is 1.62 bits per heavy atom. The zero-order valence-electron chi connectivity index (χ0n) is 7.62. The summed E-state index contributed by atoms with van der Waals surface area (Å²) >= 11 is 5.68. The number of halogens is 1. The van der Waals surface area contributed by atoms with E-state index in [1.807, 2.05) is 13.8 Å². The van der Waals surface area contributed by atoms with E-state index < -0.39 is 0 Å². The summed E-state index contributed by atoms with van der Waals surface area (Å²) in [6.07, 6.45) is 2.30. The number of nitrogen functional groups attached to an aromatic ring is 1. The summed E-state index contributed by atoms with van der Waals surface area (Å²) in [6, 6.07) is 0. The van der Waals surface area contributed by atoms with E-state index in [2.05, 4.69) is 9.97 Å². The molecule has 13 heavy (non-hydrogen) atoms. The summed E-state index contributed by atoms with van der Waals surface area (Å²) in [5.41, 5.74) is 5.90. The first-order valence-electron chi connectivity index (χ1n) is 4.07. The molecule has 1 aromatic heterocycles. The van der Waals surface area contributed by atoms with Gasteiger partial charge in [-0.3, -0.25) is 0 Å². The molecule has 72 valence electrons. The summed E-state index contributed by atoms with van der Waals surface area (Å²) < 4.78 is 5.41. The minimum absolute atomic E-state index is 0.0771. The van der Waals surface area contributed by atoms with Crippen LogP contribution in [0.15, 0.2) is 6.33 Å². The third kappa shape index (κ3) is 2.45. The average Bonchev–Trinajstić information content (AvgIpc) is 2.13. The Morgan fingerprint density at radius 3 is 2.92 bits per heavy atom. The number of anilines is 1. The van der Waals surface area contributed by atoms with Gasteiger partial charge in [0, 0.05) is 0 Å². The lowest BCUT2D eigenvalue weighted by Crippen LogP contribution is -2.12. The quantitative estimate of drug-likeness (QED) is 0.759. The third-order valence-electron chi connectivity index (χ3n) is 1.69. The fourth-order valence-corrected chi connectivity index (χ4v) is 0.852. The highest BCUT2D eigenvalue weighted by molar-refractivity contribution is 6.32. The number of nitrogens with two attached hydrogens (primary N) is 1. The molecule has 0 amide bonds. The highest BCUT2D eigenvalue weighted by Crippen LogP contribution is 2.25. The molecule has 1 rings (SSSR count). The van der Waals surface area contributed by atoms with Gasteiger partial charge in [0.2, 0.25) is 5.88 Å². The predicted molar refractivity (Wildman–Crippen MR) is 51.8 cm³/mol. The number of nitrogens with zero attached hydrogens (tertiary/aromatic N) is 2. The van der Waals surface area contributed by atoms with Crippen molar-refractivity contribution in [2.75, 3.05) is 5.73 Å². The molecule has 1 heterocycles. The Bertz CT molecular complexity index is 293.